The van der Waals surface area contributed by atoms with Crippen LogP contribution in [0.5, 0.6) is 0 Å². The summed E-state index contributed by atoms with van der Waals surface area (Å²) in [6.45, 7) is 29.7. The smallest absolute Gasteiger partial charge is 0.0104 e. The molecule has 2 nitrogen and oxygen atoms in total. The first kappa shape index (κ1) is 28.0. The van der Waals surface area contributed by atoms with Gasteiger partial charge >= 0.3 is 0 Å². The maximum atomic E-state index is 2.71. The zero-order chi connectivity index (χ0) is 23.2. The third kappa shape index (κ3) is 6.47. The van der Waals surface area contributed by atoms with Crippen molar-refractivity contribution < 1.29 is 0 Å². The van der Waals surface area contributed by atoms with Gasteiger partial charge in [0.25, 0.3) is 0 Å². The Kier molecular flexibility index (Phi) is 12.0. The van der Waals surface area contributed by atoms with Crippen LogP contribution in [-0.4, -0.2) is 47.1 Å². The van der Waals surface area contributed by atoms with Gasteiger partial charge in [0.15, 0.2) is 0 Å². The number of rotatable bonds is 4. The van der Waals surface area contributed by atoms with E-state index in [2.05, 4.69) is 65.2 Å². The van der Waals surface area contributed by atoms with Crippen LogP contribution in [0.3, 0.4) is 0 Å². The van der Waals surface area contributed by atoms with Gasteiger partial charge in [0, 0.05) is 37.3 Å². The normalized spacial score (nSPS) is 34.8. The molecule has 4 aliphatic rings. The minimum atomic E-state index is 0.767. The molecule has 0 aromatic rings. The van der Waals surface area contributed by atoms with Gasteiger partial charge in [-0.2, -0.15) is 0 Å². The summed E-state index contributed by atoms with van der Waals surface area (Å²) in [4.78, 5) is 5.42. The van der Waals surface area contributed by atoms with E-state index < -0.39 is 0 Å². The van der Waals surface area contributed by atoms with E-state index in [1.165, 1.54) is 38.8 Å². The molecule has 4 rings (SSSR count). The molecular weight excluding hydrogens is 364 g/mol. The van der Waals surface area contributed by atoms with E-state index in [1.54, 1.807) is 0 Å². The lowest BCUT2D eigenvalue weighted by atomic mass is 9.84. The molecule has 6 unspecified atom stereocenters. The fourth-order valence-electron chi connectivity index (χ4n) is 6.95. The van der Waals surface area contributed by atoms with Crippen LogP contribution in [0.4, 0.5) is 0 Å². The third-order valence-corrected chi connectivity index (χ3v) is 8.32. The predicted octanol–water partition coefficient (Wildman–Crippen LogP) is 7.57. The van der Waals surface area contributed by atoms with Gasteiger partial charge in [-0.3, -0.25) is 9.80 Å². The van der Waals surface area contributed by atoms with Crippen molar-refractivity contribution in [1.82, 2.24) is 9.80 Å². The molecule has 0 aromatic heterocycles. The maximum Gasteiger partial charge on any atom is 0.0104 e. The minimum Gasteiger partial charge on any atom is -0.298 e. The lowest BCUT2D eigenvalue weighted by molar-refractivity contribution is 0.120. The monoisotopic (exact) mass is 422 g/mol. The molecule has 2 aliphatic heterocycles. The van der Waals surface area contributed by atoms with Crippen molar-refractivity contribution in [1.29, 1.82) is 0 Å². The van der Waals surface area contributed by atoms with Gasteiger partial charge in [-0.05, 0) is 88.9 Å². The second kappa shape index (κ2) is 12.8. The fourth-order valence-corrected chi connectivity index (χ4v) is 6.95. The van der Waals surface area contributed by atoms with Crippen molar-refractivity contribution in [3.63, 3.8) is 0 Å². The highest BCUT2D eigenvalue weighted by Gasteiger charge is 2.46. The zero-order valence-electron chi connectivity index (χ0n) is 22.9. The van der Waals surface area contributed by atoms with Crippen molar-refractivity contribution in [3.8, 4) is 0 Å². The highest BCUT2D eigenvalue weighted by atomic mass is 15.2. The summed E-state index contributed by atoms with van der Waals surface area (Å²) in [7, 11) is 0. The summed E-state index contributed by atoms with van der Waals surface area (Å²) in [5, 5.41) is 0. The summed E-state index contributed by atoms with van der Waals surface area (Å²) in [5.74, 6) is 5.91. The molecule has 4 bridgehead atoms. The van der Waals surface area contributed by atoms with E-state index in [-0.39, 0.29) is 0 Å². The summed E-state index contributed by atoms with van der Waals surface area (Å²) < 4.78 is 0. The molecule has 30 heavy (non-hydrogen) atoms. The van der Waals surface area contributed by atoms with E-state index in [1.807, 2.05) is 27.7 Å². The number of hydrogen-bond donors (Lipinski definition) is 0. The van der Waals surface area contributed by atoms with Crippen LogP contribution in [0.15, 0.2) is 0 Å². The standard InChI is InChI=1S/2C12H23N.2C2H6/c2*1-8(2)12-6-11-5-10(12)7-13(11)9(3)4;2*1-2/h2*8-12H,5-7H2,1-4H3;2*1-2H3. The number of fused-ring (bicyclic) bond motifs is 4. The van der Waals surface area contributed by atoms with Crippen molar-refractivity contribution >= 4 is 0 Å². The van der Waals surface area contributed by atoms with Crippen molar-refractivity contribution in [2.24, 2.45) is 35.5 Å². The van der Waals surface area contributed by atoms with Crippen LogP contribution in [0.1, 0.15) is 109 Å². The molecule has 0 amide bonds. The number of nitrogens with zero attached hydrogens (tertiary/aromatic N) is 2. The quantitative estimate of drug-likeness (QED) is 0.461. The lowest BCUT2D eigenvalue weighted by Crippen LogP contribution is -2.41. The lowest BCUT2D eigenvalue weighted by Gasteiger charge is -2.35. The molecular formula is C28H58N2. The SMILES string of the molecule is CC.CC.CC(C)C1CC2CC1CN2C(C)C.CC(C)C1CC2CC1CN2C(C)C. The summed E-state index contributed by atoms with van der Waals surface area (Å²) >= 11 is 0. The van der Waals surface area contributed by atoms with Gasteiger partial charge < -0.3 is 0 Å². The minimum absolute atomic E-state index is 0.767. The van der Waals surface area contributed by atoms with E-state index in [4.69, 9.17) is 0 Å². The van der Waals surface area contributed by atoms with Gasteiger partial charge in [-0.1, -0.05) is 55.4 Å². The Balaban J connectivity index is 0.000000258. The van der Waals surface area contributed by atoms with Gasteiger partial charge in [-0.25, -0.2) is 0 Å². The first-order chi connectivity index (χ1) is 14.2. The maximum absolute atomic E-state index is 2.71. The van der Waals surface area contributed by atoms with Crippen LogP contribution < -0.4 is 0 Å². The first-order valence-electron chi connectivity index (χ1n) is 13.7. The molecule has 2 heterocycles. The fraction of sp³-hybridized carbons (Fsp3) is 1.00. The summed E-state index contributed by atoms with van der Waals surface area (Å²) in [5.41, 5.74) is 0. The highest BCUT2D eigenvalue weighted by Crippen LogP contribution is 2.46. The van der Waals surface area contributed by atoms with Crippen LogP contribution in [0, 0.1) is 35.5 Å². The summed E-state index contributed by atoms with van der Waals surface area (Å²) in [6, 6.07) is 3.39. The third-order valence-electron chi connectivity index (χ3n) is 8.32. The first-order valence-corrected chi connectivity index (χ1v) is 13.7. The molecule has 0 N–H and O–H groups in total. The van der Waals surface area contributed by atoms with Crippen LogP contribution in [0.2, 0.25) is 0 Å². The largest absolute Gasteiger partial charge is 0.298 e. The number of piperidine rings is 2. The molecule has 0 radical (unpaired) electrons. The molecule has 4 fully saturated rings. The van der Waals surface area contributed by atoms with Crippen LogP contribution in [0.25, 0.3) is 0 Å². The van der Waals surface area contributed by atoms with E-state index >= 15 is 0 Å². The zero-order valence-corrected chi connectivity index (χ0v) is 22.9. The molecule has 180 valence electrons. The predicted molar refractivity (Wildman–Crippen MR) is 136 cm³/mol. The second-order valence-electron chi connectivity index (χ2n) is 11.2. The van der Waals surface area contributed by atoms with Crippen molar-refractivity contribution in [2.75, 3.05) is 13.1 Å². The number of hydrogen-bond acceptors (Lipinski definition) is 2. The molecule has 0 aromatic carbocycles. The molecule has 2 aliphatic carbocycles. The van der Waals surface area contributed by atoms with Crippen molar-refractivity contribution in [2.45, 2.75) is 133 Å². The summed E-state index contributed by atoms with van der Waals surface area (Å²) in [6.07, 6.45) is 5.92. The molecule has 6 atom stereocenters. The van der Waals surface area contributed by atoms with Crippen LogP contribution in [-0.2, 0) is 0 Å². The Morgan fingerprint density at radius 3 is 0.967 bits per heavy atom. The topological polar surface area (TPSA) is 6.48 Å². The van der Waals surface area contributed by atoms with E-state index in [9.17, 15) is 0 Å². The molecule has 2 saturated heterocycles. The highest BCUT2D eigenvalue weighted by molar-refractivity contribution is 4.99. The van der Waals surface area contributed by atoms with E-state index in [0.717, 1.165) is 59.7 Å². The second-order valence-corrected chi connectivity index (χ2v) is 11.2. The average molecular weight is 423 g/mol. The Morgan fingerprint density at radius 2 is 0.800 bits per heavy atom. The Labute approximate surface area is 191 Å². The Morgan fingerprint density at radius 1 is 0.500 bits per heavy atom. The van der Waals surface area contributed by atoms with Gasteiger partial charge in [-0.15, -0.1) is 0 Å². The number of likely N-dealkylation sites (tertiary alicyclic amines) is 2. The van der Waals surface area contributed by atoms with Gasteiger partial charge in [0.2, 0.25) is 0 Å². The molecule has 2 saturated carbocycles. The average Bonchev–Trinajstić information content (AvgIpc) is 3.50. The van der Waals surface area contributed by atoms with Gasteiger partial charge in [0.1, 0.15) is 0 Å². The van der Waals surface area contributed by atoms with E-state index in [0.29, 0.717) is 0 Å². The Bertz CT molecular complexity index is 374. The van der Waals surface area contributed by atoms with Crippen LogP contribution >= 0.6 is 0 Å². The molecule has 2 heteroatoms. The van der Waals surface area contributed by atoms with Crippen molar-refractivity contribution in [3.05, 3.63) is 0 Å². The molecule has 0 spiro atoms. The van der Waals surface area contributed by atoms with Gasteiger partial charge in [0.05, 0.1) is 0 Å². The Hall–Kier alpha value is -0.0800.